The monoisotopic (exact) mass is 368 g/mol. The zero-order valence-corrected chi connectivity index (χ0v) is 15.4. The molecular weight excluding hydrogens is 348 g/mol. The van der Waals surface area contributed by atoms with Gasteiger partial charge in [0.15, 0.2) is 0 Å². The molecule has 1 fully saturated rings. The van der Waals surface area contributed by atoms with E-state index in [1.54, 1.807) is 0 Å². The minimum atomic E-state index is 0.238. The standard InChI is InChI=1S/C20H21ClN4O/c1-15-22-23-20(25(15)17-9-7-16(21)8-10-17)24-13-11-19(12-14-24)26-18-5-3-2-4-6-18/h2-10,19H,11-14H2,1H3. The third-order valence-corrected chi connectivity index (χ3v) is 4.92. The molecule has 0 amide bonds. The Morgan fingerprint density at radius 1 is 0.962 bits per heavy atom. The maximum absolute atomic E-state index is 6.09. The molecule has 2 aromatic carbocycles. The van der Waals surface area contributed by atoms with Crippen LogP contribution in [0.3, 0.4) is 0 Å². The van der Waals surface area contributed by atoms with Crippen LogP contribution in [-0.2, 0) is 0 Å². The van der Waals surface area contributed by atoms with Crippen molar-refractivity contribution in [3.8, 4) is 11.4 Å². The summed E-state index contributed by atoms with van der Waals surface area (Å²) < 4.78 is 8.17. The van der Waals surface area contributed by atoms with Gasteiger partial charge in [0.05, 0.1) is 5.69 Å². The Labute approximate surface area is 158 Å². The first kappa shape index (κ1) is 16.9. The zero-order chi connectivity index (χ0) is 17.9. The smallest absolute Gasteiger partial charge is 0.231 e. The Kier molecular flexibility index (Phi) is 4.80. The van der Waals surface area contributed by atoms with Crippen molar-refractivity contribution in [2.45, 2.75) is 25.9 Å². The second kappa shape index (κ2) is 7.38. The van der Waals surface area contributed by atoms with Gasteiger partial charge in [0.2, 0.25) is 5.95 Å². The number of anilines is 1. The molecule has 1 saturated heterocycles. The average Bonchev–Trinajstić information content (AvgIpc) is 3.05. The summed E-state index contributed by atoms with van der Waals surface area (Å²) in [7, 11) is 0. The van der Waals surface area contributed by atoms with Gasteiger partial charge in [-0.15, -0.1) is 10.2 Å². The van der Waals surface area contributed by atoms with Crippen LogP contribution in [0.15, 0.2) is 54.6 Å². The van der Waals surface area contributed by atoms with Gasteiger partial charge in [-0.3, -0.25) is 4.57 Å². The number of aromatic nitrogens is 3. The Morgan fingerprint density at radius 2 is 1.65 bits per heavy atom. The second-order valence-corrected chi connectivity index (χ2v) is 6.91. The number of hydrogen-bond acceptors (Lipinski definition) is 4. The molecule has 5 nitrogen and oxygen atoms in total. The van der Waals surface area contributed by atoms with Crippen molar-refractivity contribution in [2.24, 2.45) is 0 Å². The summed E-state index contributed by atoms with van der Waals surface area (Å²) >= 11 is 6.02. The molecule has 0 bridgehead atoms. The van der Waals surface area contributed by atoms with E-state index in [2.05, 4.69) is 19.7 Å². The Hall–Kier alpha value is -2.53. The number of nitrogens with zero attached hydrogens (tertiary/aromatic N) is 4. The lowest BCUT2D eigenvalue weighted by Crippen LogP contribution is -2.39. The van der Waals surface area contributed by atoms with Gasteiger partial charge in [-0.05, 0) is 43.3 Å². The van der Waals surface area contributed by atoms with Crippen molar-refractivity contribution < 1.29 is 4.74 Å². The molecule has 0 N–H and O–H groups in total. The predicted molar refractivity (Wildman–Crippen MR) is 103 cm³/mol. The second-order valence-electron chi connectivity index (χ2n) is 6.48. The molecule has 1 aliphatic heterocycles. The van der Waals surface area contributed by atoms with Gasteiger partial charge in [0.1, 0.15) is 17.7 Å². The van der Waals surface area contributed by atoms with Crippen molar-refractivity contribution in [1.29, 1.82) is 0 Å². The quantitative estimate of drug-likeness (QED) is 0.689. The van der Waals surface area contributed by atoms with Gasteiger partial charge in [0, 0.05) is 31.0 Å². The fraction of sp³-hybridized carbons (Fsp3) is 0.300. The normalized spacial score (nSPS) is 15.2. The van der Waals surface area contributed by atoms with Crippen LogP contribution in [0.5, 0.6) is 5.75 Å². The Morgan fingerprint density at radius 3 is 2.35 bits per heavy atom. The van der Waals surface area contributed by atoms with E-state index in [0.29, 0.717) is 0 Å². The molecule has 26 heavy (non-hydrogen) atoms. The highest BCUT2D eigenvalue weighted by molar-refractivity contribution is 6.30. The number of rotatable bonds is 4. The molecule has 1 aromatic heterocycles. The molecule has 2 heterocycles. The van der Waals surface area contributed by atoms with Crippen molar-refractivity contribution >= 4 is 17.5 Å². The van der Waals surface area contributed by atoms with Crippen LogP contribution in [0.25, 0.3) is 5.69 Å². The number of piperidine rings is 1. The summed E-state index contributed by atoms with van der Waals surface area (Å²) in [5.74, 6) is 2.68. The fourth-order valence-electron chi connectivity index (χ4n) is 3.31. The summed E-state index contributed by atoms with van der Waals surface area (Å²) in [4.78, 5) is 2.28. The molecule has 0 saturated carbocycles. The molecule has 0 spiro atoms. The molecule has 134 valence electrons. The van der Waals surface area contributed by atoms with Crippen LogP contribution >= 0.6 is 11.6 Å². The zero-order valence-electron chi connectivity index (χ0n) is 14.7. The first-order valence-electron chi connectivity index (χ1n) is 8.85. The molecule has 0 atom stereocenters. The molecule has 0 unspecified atom stereocenters. The van der Waals surface area contributed by atoms with Crippen LogP contribution < -0.4 is 9.64 Å². The van der Waals surface area contributed by atoms with Crippen LogP contribution in [0, 0.1) is 6.92 Å². The van der Waals surface area contributed by atoms with E-state index >= 15 is 0 Å². The lowest BCUT2D eigenvalue weighted by atomic mass is 10.1. The van der Waals surface area contributed by atoms with E-state index < -0.39 is 0 Å². The molecule has 1 aliphatic rings. The highest BCUT2D eigenvalue weighted by atomic mass is 35.5. The van der Waals surface area contributed by atoms with Crippen LogP contribution in [-0.4, -0.2) is 34.0 Å². The molecule has 3 aromatic rings. The Balaban J connectivity index is 1.47. The van der Waals surface area contributed by atoms with Gasteiger partial charge < -0.3 is 9.64 Å². The van der Waals surface area contributed by atoms with E-state index in [9.17, 15) is 0 Å². The van der Waals surface area contributed by atoms with Gasteiger partial charge >= 0.3 is 0 Å². The van der Waals surface area contributed by atoms with Crippen molar-refractivity contribution in [3.63, 3.8) is 0 Å². The number of ether oxygens (including phenoxy) is 1. The van der Waals surface area contributed by atoms with Gasteiger partial charge in [-0.25, -0.2) is 0 Å². The van der Waals surface area contributed by atoms with Gasteiger partial charge in [0.25, 0.3) is 0 Å². The first-order chi connectivity index (χ1) is 12.7. The number of hydrogen-bond donors (Lipinski definition) is 0. The maximum atomic E-state index is 6.09. The molecule has 6 heteroatoms. The van der Waals surface area contributed by atoms with Gasteiger partial charge in [-0.2, -0.15) is 0 Å². The highest BCUT2D eigenvalue weighted by Gasteiger charge is 2.25. The van der Waals surface area contributed by atoms with Crippen LogP contribution in [0.4, 0.5) is 5.95 Å². The lowest BCUT2D eigenvalue weighted by Gasteiger charge is -2.32. The van der Waals surface area contributed by atoms with Crippen molar-refractivity contribution in [3.05, 3.63) is 65.4 Å². The topological polar surface area (TPSA) is 43.2 Å². The number of aryl methyl sites for hydroxylation is 1. The van der Waals surface area contributed by atoms with Crippen molar-refractivity contribution in [1.82, 2.24) is 14.8 Å². The van der Waals surface area contributed by atoms with Gasteiger partial charge in [-0.1, -0.05) is 29.8 Å². The Bertz CT molecular complexity index is 855. The minimum absolute atomic E-state index is 0.238. The average molecular weight is 369 g/mol. The van der Waals surface area contributed by atoms with E-state index in [1.165, 1.54) is 0 Å². The number of benzene rings is 2. The molecule has 4 rings (SSSR count). The van der Waals surface area contributed by atoms with Crippen LogP contribution in [0.2, 0.25) is 5.02 Å². The van der Waals surface area contributed by atoms with E-state index in [1.807, 2.05) is 61.5 Å². The summed E-state index contributed by atoms with van der Waals surface area (Å²) in [5, 5.41) is 9.42. The fourth-order valence-corrected chi connectivity index (χ4v) is 3.44. The van der Waals surface area contributed by atoms with E-state index in [0.717, 1.165) is 54.2 Å². The summed E-state index contributed by atoms with van der Waals surface area (Å²) in [6.07, 6.45) is 2.16. The summed E-state index contributed by atoms with van der Waals surface area (Å²) in [6.45, 7) is 3.75. The van der Waals surface area contributed by atoms with Crippen molar-refractivity contribution in [2.75, 3.05) is 18.0 Å². The lowest BCUT2D eigenvalue weighted by molar-refractivity contribution is 0.170. The van der Waals surface area contributed by atoms with Crippen LogP contribution in [0.1, 0.15) is 18.7 Å². The maximum Gasteiger partial charge on any atom is 0.231 e. The predicted octanol–water partition coefficient (Wildman–Crippen LogP) is 4.28. The van der Waals surface area contributed by atoms with E-state index in [-0.39, 0.29) is 6.10 Å². The summed E-state index contributed by atoms with van der Waals surface area (Å²) in [6, 6.07) is 17.8. The number of para-hydroxylation sites is 1. The largest absolute Gasteiger partial charge is 0.490 e. The van der Waals surface area contributed by atoms with E-state index in [4.69, 9.17) is 16.3 Å². The first-order valence-corrected chi connectivity index (χ1v) is 9.23. The molecule has 0 radical (unpaired) electrons. The highest BCUT2D eigenvalue weighted by Crippen LogP contribution is 2.25. The minimum Gasteiger partial charge on any atom is -0.490 e. The number of halogens is 1. The molecule has 0 aliphatic carbocycles. The third kappa shape index (κ3) is 3.53. The summed E-state index contributed by atoms with van der Waals surface area (Å²) in [5.41, 5.74) is 1.02. The molecular formula is C20H21ClN4O. The third-order valence-electron chi connectivity index (χ3n) is 4.66. The SMILES string of the molecule is Cc1nnc(N2CCC(Oc3ccccc3)CC2)n1-c1ccc(Cl)cc1.